The highest BCUT2D eigenvalue weighted by Gasteiger charge is 2.08. The van der Waals surface area contributed by atoms with Crippen molar-refractivity contribution in [2.24, 2.45) is 0 Å². The number of para-hydroxylation sites is 1. The van der Waals surface area contributed by atoms with E-state index in [1.54, 1.807) is 0 Å². The van der Waals surface area contributed by atoms with Crippen molar-refractivity contribution in [2.75, 3.05) is 18.5 Å². The zero-order chi connectivity index (χ0) is 18.9. The van der Waals surface area contributed by atoms with E-state index in [1.807, 2.05) is 66.9 Å². The van der Waals surface area contributed by atoms with Crippen molar-refractivity contribution in [3.05, 3.63) is 60.0 Å². The lowest BCUT2D eigenvalue weighted by Gasteiger charge is -2.05. The molecule has 1 amide bonds. The first-order valence-electron chi connectivity index (χ1n) is 8.91. The molecule has 0 saturated heterocycles. The molecule has 3 aromatic rings. The topological polar surface area (TPSA) is 60.5 Å². The fourth-order valence-corrected chi connectivity index (χ4v) is 3.21. The van der Waals surface area contributed by atoms with Crippen LogP contribution in [0, 0.1) is 0 Å². The van der Waals surface area contributed by atoms with Crippen LogP contribution in [-0.2, 0) is 4.79 Å². The summed E-state index contributed by atoms with van der Waals surface area (Å²) in [5.41, 5.74) is 1.83. The molecule has 1 aromatic heterocycles. The number of hydrogen-bond donors (Lipinski definition) is 1. The Morgan fingerprint density at radius 1 is 1.04 bits per heavy atom. The van der Waals surface area contributed by atoms with Crippen LogP contribution in [0.1, 0.15) is 19.8 Å². The molecule has 1 heterocycles. The SMILES string of the molecule is CCOc1ccc(-c2csc(NC(=O)CCCOc3ccccc3)n2)cc1. The summed E-state index contributed by atoms with van der Waals surface area (Å²) >= 11 is 1.42. The maximum Gasteiger partial charge on any atom is 0.226 e. The Bertz CT molecular complexity index is 847. The first-order chi connectivity index (χ1) is 13.2. The number of hydrogen-bond acceptors (Lipinski definition) is 5. The third-order valence-corrected chi connectivity index (χ3v) is 4.53. The largest absolute Gasteiger partial charge is 0.494 e. The summed E-state index contributed by atoms with van der Waals surface area (Å²) < 4.78 is 11.0. The minimum absolute atomic E-state index is 0.0562. The molecule has 0 aliphatic rings. The predicted octanol–water partition coefficient (Wildman–Crippen LogP) is 5.01. The summed E-state index contributed by atoms with van der Waals surface area (Å²) in [6.07, 6.45) is 1.04. The number of carbonyl (C=O) groups is 1. The van der Waals surface area contributed by atoms with Gasteiger partial charge in [-0.25, -0.2) is 4.98 Å². The first-order valence-corrected chi connectivity index (χ1v) is 9.79. The van der Waals surface area contributed by atoms with E-state index >= 15 is 0 Å². The highest BCUT2D eigenvalue weighted by molar-refractivity contribution is 7.14. The molecule has 0 bridgehead atoms. The summed E-state index contributed by atoms with van der Waals surface area (Å²) in [7, 11) is 0. The molecule has 0 saturated carbocycles. The summed E-state index contributed by atoms with van der Waals surface area (Å²) in [4.78, 5) is 16.6. The normalized spacial score (nSPS) is 10.4. The van der Waals surface area contributed by atoms with E-state index in [0.717, 1.165) is 22.8 Å². The van der Waals surface area contributed by atoms with E-state index in [2.05, 4.69) is 10.3 Å². The molecular weight excluding hydrogens is 360 g/mol. The minimum atomic E-state index is -0.0562. The fourth-order valence-electron chi connectivity index (χ4n) is 2.47. The number of carbonyl (C=O) groups excluding carboxylic acids is 1. The molecule has 0 fully saturated rings. The Kier molecular flexibility index (Phi) is 6.82. The standard InChI is InChI=1S/C21H22N2O3S/c1-2-25-18-12-10-16(11-13-18)19-15-27-21(22-19)23-20(24)9-6-14-26-17-7-4-3-5-8-17/h3-5,7-8,10-13,15H,2,6,9,14H2,1H3,(H,22,23,24). The van der Waals surface area contributed by atoms with Crippen molar-refractivity contribution in [1.82, 2.24) is 4.98 Å². The second-order valence-corrected chi connectivity index (χ2v) is 6.67. The fraction of sp³-hybridized carbons (Fsp3) is 0.238. The smallest absolute Gasteiger partial charge is 0.226 e. The number of rotatable bonds is 9. The molecule has 5 nitrogen and oxygen atoms in total. The Hall–Kier alpha value is -2.86. The molecule has 2 aromatic carbocycles. The van der Waals surface area contributed by atoms with E-state index in [-0.39, 0.29) is 5.91 Å². The molecule has 3 rings (SSSR count). The van der Waals surface area contributed by atoms with E-state index in [9.17, 15) is 4.79 Å². The molecule has 27 heavy (non-hydrogen) atoms. The van der Waals surface area contributed by atoms with Gasteiger partial charge in [0.2, 0.25) is 5.91 Å². The average Bonchev–Trinajstić information content (AvgIpc) is 3.15. The van der Waals surface area contributed by atoms with Gasteiger partial charge in [0.1, 0.15) is 11.5 Å². The molecule has 0 aliphatic heterocycles. The molecule has 6 heteroatoms. The number of anilines is 1. The Balaban J connectivity index is 1.44. The van der Waals surface area contributed by atoms with Crippen LogP contribution >= 0.6 is 11.3 Å². The van der Waals surface area contributed by atoms with Crippen molar-refractivity contribution < 1.29 is 14.3 Å². The third kappa shape index (κ3) is 5.82. The van der Waals surface area contributed by atoms with Gasteiger partial charge in [-0.2, -0.15) is 0 Å². The molecule has 0 unspecified atom stereocenters. The highest BCUT2D eigenvalue weighted by Crippen LogP contribution is 2.26. The van der Waals surface area contributed by atoms with E-state index in [0.29, 0.717) is 31.2 Å². The van der Waals surface area contributed by atoms with Crippen LogP contribution in [0.4, 0.5) is 5.13 Å². The number of nitrogens with zero attached hydrogens (tertiary/aromatic N) is 1. The van der Waals surface area contributed by atoms with Gasteiger partial charge in [-0.1, -0.05) is 18.2 Å². The van der Waals surface area contributed by atoms with Crippen LogP contribution in [0.15, 0.2) is 60.0 Å². The van der Waals surface area contributed by atoms with Gasteiger partial charge in [0.15, 0.2) is 5.13 Å². The number of benzene rings is 2. The van der Waals surface area contributed by atoms with Crippen LogP contribution in [0.3, 0.4) is 0 Å². The van der Waals surface area contributed by atoms with Gasteiger partial charge < -0.3 is 14.8 Å². The van der Waals surface area contributed by atoms with Gasteiger partial charge in [0.25, 0.3) is 0 Å². The van der Waals surface area contributed by atoms with Crippen molar-refractivity contribution in [3.63, 3.8) is 0 Å². The lowest BCUT2D eigenvalue weighted by Crippen LogP contribution is -2.12. The molecule has 1 N–H and O–H groups in total. The molecule has 0 spiro atoms. The van der Waals surface area contributed by atoms with Crippen molar-refractivity contribution in [3.8, 4) is 22.8 Å². The Morgan fingerprint density at radius 3 is 2.52 bits per heavy atom. The van der Waals surface area contributed by atoms with Gasteiger partial charge in [-0.3, -0.25) is 4.79 Å². The van der Waals surface area contributed by atoms with Gasteiger partial charge in [-0.05, 0) is 49.7 Å². The Morgan fingerprint density at radius 2 is 1.78 bits per heavy atom. The van der Waals surface area contributed by atoms with Gasteiger partial charge in [-0.15, -0.1) is 11.3 Å². The minimum Gasteiger partial charge on any atom is -0.494 e. The summed E-state index contributed by atoms with van der Waals surface area (Å²) in [6, 6.07) is 17.4. The van der Waals surface area contributed by atoms with Crippen LogP contribution < -0.4 is 14.8 Å². The van der Waals surface area contributed by atoms with Crippen molar-refractivity contribution in [1.29, 1.82) is 0 Å². The number of nitrogens with one attached hydrogen (secondary N) is 1. The molecule has 140 valence electrons. The average molecular weight is 382 g/mol. The van der Waals surface area contributed by atoms with Gasteiger partial charge >= 0.3 is 0 Å². The summed E-state index contributed by atoms with van der Waals surface area (Å²) in [5, 5.41) is 5.39. The van der Waals surface area contributed by atoms with Crippen LogP contribution in [0.5, 0.6) is 11.5 Å². The number of thiazole rings is 1. The third-order valence-electron chi connectivity index (χ3n) is 3.77. The van der Waals surface area contributed by atoms with E-state index in [1.165, 1.54) is 11.3 Å². The lowest BCUT2D eigenvalue weighted by molar-refractivity contribution is -0.116. The van der Waals surface area contributed by atoms with Crippen LogP contribution in [0.25, 0.3) is 11.3 Å². The molecule has 0 radical (unpaired) electrons. The van der Waals surface area contributed by atoms with Crippen molar-refractivity contribution in [2.45, 2.75) is 19.8 Å². The maximum absolute atomic E-state index is 12.1. The second-order valence-electron chi connectivity index (χ2n) is 5.81. The van der Waals surface area contributed by atoms with E-state index in [4.69, 9.17) is 9.47 Å². The number of aromatic nitrogens is 1. The molecule has 0 atom stereocenters. The maximum atomic E-state index is 12.1. The first kappa shape index (κ1) is 18.9. The lowest BCUT2D eigenvalue weighted by atomic mass is 10.2. The van der Waals surface area contributed by atoms with Crippen LogP contribution in [0.2, 0.25) is 0 Å². The summed E-state index contributed by atoms with van der Waals surface area (Å²) in [6.45, 7) is 3.10. The quantitative estimate of drug-likeness (QED) is 0.529. The highest BCUT2D eigenvalue weighted by atomic mass is 32.1. The zero-order valence-electron chi connectivity index (χ0n) is 15.2. The molecule has 0 aliphatic carbocycles. The molecular formula is C21H22N2O3S. The Labute approximate surface area is 163 Å². The number of amides is 1. The van der Waals surface area contributed by atoms with E-state index < -0.39 is 0 Å². The van der Waals surface area contributed by atoms with Gasteiger partial charge in [0, 0.05) is 17.4 Å². The number of ether oxygens (including phenoxy) is 2. The summed E-state index contributed by atoms with van der Waals surface area (Å²) in [5.74, 6) is 1.60. The monoisotopic (exact) mass is 382 g/mol. The van der Waals surface area contributed by atoms with Gasteiger partial charge in [0.05, 0.1) is 18.9 Å². The van der Waals surface area contributed by atoms with Crippen molar-refractivity contribution >= 4 is 22.4 Å². The zero-order valence-corrected chi connectivity index (χ0v) is 16.0. The predicted molar refractivity (Wildman–Crippen MR) is 109 cm³/mol. The van der Waals surface area contributed by atoms with Crippen LogP contribution in [-0.4, -0.2) is 24.1 Å². The second kappa shape index (κ2) is 9.73.